The van der Waals surface area contributed by atoms with Gasteiger partial charge in [0.2, 0.25) is 5.91 Å². The fourth-order valence-corrected chi connectivity index (χ4v) is 3.25. The molecule has 0 bridgehead atoms. The van der Waals surface area contributed by atoms with Gasteiger partial charge in [0.15, 0.2) is 11.6 Å². The van der Waals surface area contributed by atoms with Gasteiger partial charge in [-0.05, 0) is 26.2 Å². The Hall–Kier alpha value is -0.690. The van der Waals surface area contributed by atoms with Gasteiger partial charge in [0.05, 0.1) is 31.8 Å². The Morgan fingerprint density at radius 1 is 1.00 bits per heavy atom. The molecule has 1 amide bonds. The minimum Gasteiger partial charge on any atom is -0.356 e. The maximum atomic E-state index is 11.8. The number of ether oxygens (including phenoxy) is 4. The van der Waals surface area contributed by atoms with Crippen LogP contribution in [0.1, 0.15) is 60.3 Å². The molecule has 0 unspecified atom stereocenters. The summed E-state index contributed by atoms with van der Waals surface area (Å²) in [6.07, 6.45) is 2.76. The summed E-state index contributed by atoms with van der Waals surface area (Å²) in [7, 11) is 0. The largest absolute Gasteiger partial charge is 0.356 e. The van der Waals surface area contributed by atoms with Crippen molar-refractivity contribution in [3.8, 4) is 0 Å². The van der Waals surface area contributed by atoms with Gasteiger partial charge in [-0.3, -0.25) is 4.79 Å². The third kappa shape index (κ3) is 5.91. The van der Waals surface area contributed by atoms with Crippen LogP contribution >= 0.6 is 0 Å². The highest BCUT2D eigenvalue weighted by atomic mass is 16.7. The molecule has 6 nitrogen and oxygen atoms in total. The van der Waals surface area contributed by atoms with Crippen LogP contribution in [0.2, 0.25) is 0 Å². The number of amides is 1. The summed E-state index contributed by atoms with van der Waals surface area (Å²) in [5, 5.41) is 2.88. The van der Waals surface area contributed by atoms with Crippen molar-refractivity contribution in [1.29, 1.82) is 0 Å². The maximum Gasteiger partial charge on any atom is 0.220 e. The Morgan fingerprint density at radius 3 is 2.00 bits per heavy atom. The summed E-state index contributed by atoms with van der Waals surface area (Å²) < 4.78 is 24.1. The molecule has 0 aromatic rings. The highest BCUT2D eigenvalue weighted by Crippen LogP contribution is 2.39. The smallest absolute Gasteiger partial charge is 0.220 e. The van der Waals surface area contributed by atoms with E-state index in [1.165, 1.54) is 0 Å². The number of carbonyl (C=O) groups is 1. The lowest BCUT2D eigenvalue weighted by molar-refractivity contribution is -0.362. The number of hydrogen-bond donors (Lipinski definition) is 1. The van der Waals surface area contributed by atoms with Gasteiger partial charge in [0.1, 0.15) is 0 Å². The Kier molecular flexibility index (Phi) is 6.87. The summed E-state index contributed by atoms with van der Waals surface area (Å²) in [6.45, 7) is 13.2. The molecule has 0 atom stereocenters. The SMILES string of the molecule is CCCNC(=O)CCC1(C)OCC2(CO1)COC(C)(CC(C)C)OC2. The highest BCUT2D eigenvalue weighted by Gasteiger charge is 2.48. The van der Waals surface area contributed by atoms with Crippen LogP contribution in [0.5, 0.6) is 0 Å². The molecule has 2 aliphatic rings. The normalized spacial score (nSPS) is 35.9. The Morgan fingerprint density at radius 2 is 1.52 bits per heavy atom. The Labute approximate surface area is 151 Å². The van der Waals surface area contributed by atoms with Crippen LogP contribution in [0.3, 0.4) is 0 Å². The van der Waals surface area contributed by atoms with Gasteiger partial charge in [-0.25, -0.2) is 0 Å². The predicted molar refractivity (Wildman–Crippen MR) is 95.0 cm³/mol. The van der Waals surface area contributed by atoms with Crippen molar-refractivity contribution >= 4 is 5.91 Å². The summed E-state index contributed by atoms with van der Waals surface area (Å²) in [5.41, 5.74) is -0.250. The molecule has 1 N–H and O–H groups in total. The fraction of sp³-hybridized carbons (Fsp3) is 0.947. The lowest BCUT2D eigenvalue weighted by Crippen LogP contribution is -2.58. The Balaban J connectivity index is 1.78. The van der Waals surface area contributed by atoms with E-state index in [1.807, 2.05) is 20.8 Å². The lowest BCUT2D eigenvalue weighted by Gasteiger charge is -2.50. The fourth-order valence-electron chi connectivity index (χ4n) is 3.25. The molecule has 2 fully saturated rings. The van der Waals surface area contributed by atoms with Crippen LogP contribution < -0.4 is 5.32 Å². The van der Waals surface area contributed by atoms with Crippen molar-refractivity contribution in [2.24, 2.45) is 11.3 Å². The summed E-state index contributed by atoms with van der Waals surface area (Å²) >= 11 is 0. The monoisotopic (exact) mass is 357 g/mol. The van der Waals surface area contributed by atoms with Gasteiger partial charge in [0.25, 0.3) is 0 Å². The minimum absolute atomic E-state index is 0.0457. The number of rotatable bonds is 7. The average molecular weight is 357 g/mol. The molecule has 2 heterocycles. The van der Waals surface area contributed by atoms with E-state index in [4.69, 9.17) is 18.9 Å². The molecule has 25 heavy (non-hydrogen) atoms. The molecule has 2 aliphatic heterocycles. The standard InChI is InChI=1S/C19H35NO5/c1-6-9-20-16(21)7-8-17(4)22-11-19(12-23-17)13-24-18(5,25-14-19)10-15(2)3/h15H,6-14H2,1-5H3,(H,20,21). The van der Waals surface area contributed by atoms with Crippen molar-refractivity contribution in [3.05, 3.63) is 0 Å². The molecule has 0 aromatic carbocycles. The quantitative estimate of drug-likeness (QED) is 0.759. The first-order valence-electron chi connectivity index (χ1n) is 9.52. The highest BCUT2D eigenvalue weighted by molar-refractivity contribution is 5.75. The third-order valence-electron chi connectivity index (χ3n) is 4.89. The maximum absolute atomic E-state index is 11.8. The summed E-state index contributed by atoms with van der Waals surface area (Å²) in [6, 6.07) is 0. The van der Waals surface area contributed by atoms with Gasteiger partial charge in [0, 0.05) is 25.8 Å². The predicted octanol–water partition coefficient (Wildman–Crippen LogP) is 2.85. The number of nitrogens with one attached hydrogen (secondary N) is 1. The molecule has 0 aliphatic carbocycles. The molecular weight excluding hydrogens is 322 g/mol. The van der Waals surface area contributed by atoms with Crippen molar-refractivity contribution < 1.29 is 23.7 Å². The summed E-state index contributed by atoms with van der Waals surface area (Å²) in [5.74, 6) is -0.672. The van der Waals surface area contributed by atoms with Crippen molar-refractivity contribution in [1.82, 2.24) is 5.32 Å². The second-order valence-electron chi connectivity index (χ2n) is 8.37. The number of hydrogen-bond acceptors (Lipinski definition) is 5. The second-order valence-corrected chi connectivity index (χ2v) is 8.37. The molecule has 2 saturated heterocycles. The zero-order valence-corrected chi connectivity index (χ0v) is 16.5. The van der Waals surface area contributed by atoms with Crippen LogP contribution in [0, 0.1) is 11.3 Å². The van der Waals surface area contributed by atoms with E-state index < -0.39 is 11.6 Å². The third-order valence-corrected chi connectivity index (χ3v) is 4.89. The van der Waals surface area contributed by atoms with E-state index in [2.05, 4.69) is 19.2 Å². The Bertz CT molecular complexity index is 433. The molecule has 2 rings (SSSR count). The molecule has 146 valence electrons. The molecular formula is C19H35NO5. The number of carbonyl (C=O) groups excluding carboxylic acids is 1. The first kappa shape index (κ1) is 20.6. The van der Waals surface area contributed by atoms with E-state index in [-0.39, 0.29) is 11.3 Å². The van der Waals surface area contributed by atoms with E-state index in [9.17, 15) is 4.79 Å². The molecule has 1 spiro atoms. The first-order chi connectivity index (χ1) is 11.7. The van der Waals surface area contributed by atoms with E-state index >= 15 is 0 Å². The van der Waals surface area contributed by atoms with Crippen molar-refractivity contribution in [3.63, 3.8) is 0 Å². The second kappa shape index (κ2) is 8.33. The molecule has 6 heteroatoms. The van der Waals surface area contributed by atoms with E-state index in [0.717, 1.165) is 12.8 Å². The zero-order chi connectivity index (χ0) is 18.6. The van der Waals surface area contributed by atoms with Crippen LogP contribution in [-0.2, 0) is 23.7 Å². The molecule has 0 saturated carbocycles. The summed E-state index contributed by atoms with van der Waals surface area (Å²) in [4.78, 5) is 11.8. The lowest BCUT2D eigenvalue weighted by atomic mass is 9.88. The van der Waals surface area contributed by atoms with Gasteiger partial charge >= 0.3 is 0 Å². The molecule has 0 aromatic heterocycles. The molecule has 0 radical (unpaired) electrons. The van der Waals surface area contributed by atoms with Crippen molar-refractivity contribution in [2.75, 3.05) is 33.0 Å². The topological polar surface area (TPSA) is 66.0 Å². The van der Waals surface area contributed by atoms with Crippen LogP contribution in [0.4, 0.5) is 0 Å². The van der Waals surface area contributed by atoms with Gasteiger partial charge in [-0.15, -0.1) is 0 Å². The minimum atomic E-state index is -0.715. The van der Waals surface area contributed by atoms with E-state index in [0.29, 0.717) is 51.7 Å². The van der Waals surface area contributed by atoms with Crippen molar-refractivity contribution in [2.45, 2.75) is 71.9 Å². The van der Waals surface area contributed by atoms with Crippen LogP contribution in [0.15, 0.2) is 0 Å². The van der Waals surface area contributed by atoms with Gasteiger partial charge in [-0.2, -0.15) is 0 Å². The van der Waals surface area contributed by atoms with Crippen LogP contribution in [0.25, 0.3) is 0 Å². The van der Waals surface area contributed by atoms with Crippen LogP contribution in [-0.4, -0.2) is 50.5 Å². The van der Waals surface area contributed by atoms with Gasteiger partial charge < -0.3 is 24.3 Å². The zero-order valence-electron chi connectivity index (χ0n) is 16.5. The average Bonchev–Trinajstić information content (AvgIpc) is 2.56. The van der Waals surface area contributed by atoms with E-state index in [1.54, 1.807) is 0 Å². The van der Waals surface area contributed by atoms with Gasteiger partial charge in [-0.1, -0.05) is 20.8 Å². The first-order valence-corrected chi connectivity index (χ1v) is 9.52.